The molecule has 0 spiro atoms. The molecule has 2 aromatic heterocycles. The Bertz CT molecular complexity index is 475. The van der Waals surface area contributed by atoms with Crippen molar-refractivity contribution in [2.45, 2.75) is 19.9 Å². The highest BCUT2D eigenvalue weighted by Crippen LogP contribution is 2.15. The summed E-state index contributed by atoms with van der Waals surface area (Å²) < 4.78 is 2.80. The van der Waals surface area contributed by atoms with E-state index in [1.54, 1.807) is 6.20 Å². The lowest BCUT2D eigenvalue weighted by Gasteiger charge is -2.06. The van der Waals surface area contributed by atoms with Crippen molar-refractivity contribution in [3.8, 4) is 5.82 Å². The molecule has 0 aromatic carbocycles. The maximum atomic E-state index is 5.66. The quantitative estimate of drug-likeness (QED) is 0.936. The number of aromatic nitrogens is 3. The minimum Gasteiger partial charge on any atom is -0.326 e. The van der Waals surface area contributed by atoms with Gasteiger partial charge in [-0.3, -0.25) is 0 Å². The lowest BCUT2D eigenvalue weighted by atomic mass is 10.2. The standard InChI is InChI=1S/C11H13BrN4/c1-2-10-8(5-13)6-15-16(10)11-4-3-9(12)7-14-11/h3-4,6-7H,2,5,13H2,1H3. The van der Waals surface area contributed by atoms with E-state index in [1.165, 1.54) is 0 Å². The second kappa shape index (κ2) is 4.76. The van der Waals surface area contributed by atoms with Gasteiger partial charge in [0.15, 0.2) is 5.82 Å². The molecule has 2 rings (SSSR count). The molecule has 4 nitrogen and oxygen atoms in total. The van der Waals surface area contributed by atoms with Gasteiger partial charge in [-0.1, -0.05) is 6.92 Å². The highest BCUT2D eigenvalue weighted by atomic mass is 79.9. The molecular formula is C11H13BrN4. The van der Waals surface area contributed by atoms with E-state index in [4.69, 9.17) is 5.73 Å². The number of nitrogens with two attached hydrogens (primary N) is 1. The maximum absolute atomic E-state index is 5.66. The lowest BCUT2D eigenvalue weighted by molar-refractivity contribution is 0.783. The molecule has 2 heterocycles. The Balaban J connectivity index is 2.47. The monoisotopic (exact) mass is 280 g/mol. The van der Waals surface area contributed by atoms with E-state index in [0.717, 1.165) is 28.0 Å². The van der Waals surface area contributed by atoms with Crippen LogP contribution in [0.25, 0.3) is 5.82 Å². The number of rotatable bonds is 3. The molecule has 0 atom stereocenters. The topological polar surface area (TPSA) is 56.7 Å². The van der Waals surface area contributed by atoms with E-state index in [9.17, 15) is 0 Å². The fraction of sp³-hybridized carbons (Fsp3) is 0.273. The fourth-order valence-corrected chi connectivity index (χ4v) is 1.88. The zero-order valence-electron chi connectivity index (χ0n) is 9.02. The van der Waals surface area contributed by atoms with Crippen LogP contribution in [0.5, 0.6) is 0 Å². The van der Waals surface area contributed by atoms with Gasteiger partial charge in [-0.25, -0.2) is 9.67 Å². The average Bonchev–Trinajstić information content (AvgIpc) is 2.72. The van der Waals surface area contributed by atoms with Gasteiger partial charge in [-0.15, -0.1) is 0 Å². The largest absolute Gasteiger partial charge is 0.326 e. The molecule has 0 unspecified atom stereocenters. The Morgan fingerprint density at radius 3 is 2.75 bits per heavy atom. The highest BCUT2D eigenvalue weighted by Gasteiger charge is 2.09. The summed E-state index contributed by atoms with van der Waals surface area (Å²) >= 11 is 3.36. The highest BCUT2D eigenvalue weighted by molar-refractivity contribution is 9.10. The molecule has 0 aliphatic carbocycles. The van der Waals surface area contributed by atoms with Crippen molar-refractivity contribution in [1.82, 2.24) is 14.8 Å². The Labute approximate surface area is 103 Å². The first-order chi connectivity index (χ1) is 7.76. The average molecular weight is 281 g/mol. The summed E-state index contributed by atoms with van der Waals surface area (Å²) in [6.45, 7) is 2.60. The summed E-state index contributed by atoms with van der Waals surface area (Å²) in [5, 5.41) is 4.32. The number of halogens is 1. The number of hydrogen-bond acceptors (Lipinski definition) is 3. The summed E-state index contributed by atoms with van der Waals surface area (Å²) in [7, 11) is 0. The van der Waals surface area contributed by atoms with Crippen LogP contribution in [0.2, 0.25) is 0 Å². The zero-order chi connectivity index (χ0) is 11.5. The van der Waals surface area contributed by atoms with E-state index < -0.39 is 0 Å². The van der Waals surface area contributed by atoms with E-state index in [-0.39, 0.29) is 0 Å². The Morgan fingerprint density at radius 1 is 1.38 bits per heavy atom. The van der Waals surface area contributed by atoms with Gasteiger partial charge >= 0.3 is 0 Å². The third-order valence-electron chi connectivity index (χ3n) is 2.44. The summed E-state index contributed by atoms with van der Waals surface area (Å²) in [5.74, 6) is 0.819. The van der Waals surface area contributed by atoms with Gasteiger partial charge in [0, 0.05) is 22.8 Å². The molecule has 0 amide bonds. The van der Waals surface area contributed by atoms with Crippen LogP contribution in [0.1, 0.15) is 18.2 Å². The predicted octanol–water partition coefficient (Wildman–Crippen LogP) is 2.05. The third kappa shape index (κ3) is 2.01. The van der Waals surface area contributed by atoms with Gasteiger partial charge in [0.25, 0.3) is 0 Å². The van der Waals surface area contributed by atoms with E-state index in [2.05, 4.69) is 32.9 Å². The first-order valence-corrected chi connectivity index (χ1v) is 5.93. The number of pyridine rings is 1. The van der Waals surface area contributed by atoms with Crippen molar-refractivity contribution in [2.24, 2.45) is 5.73 Å². The number of hydrogen-bond donors (Lipinski definition) is 1. The molecular weight excluding hydrogens is 268 g/mol. The molecule has 2 N–H and O–H groups in total. The van der Waals surface area contributed by atoms with Gasteiger partial charge in [0.1, 0.15) is 0 Å². The van der Waals surface area contributed by atoms with E-state index >= 15 is 0 Å². The van der Waals surface area contributed by atoms with Gasteiger partial charge in [0.05, 0.1) is 11.9 Å². The van der Waals surface area contributed by atoms with Crippen molar-refractivity contribution in [3.63, 3.8) is 0 Å². The maximum Gasteiger partial charge on any atom is 0.153 e. The van der Waals surface area contributed by atoms with Crippen LogP contribution >= 0.6 is 15.9 Å². The summed E-state index contributed by atoms with van der Waals surface area (Å²) in [6, 6.07) is 3.88. The smallest absolute Gasteiger partial charge is 0.153 e. The molecule has 84 valence electrons. The van der Waals surface area contributed by atoms with Crippen molar-refractivity contribution in [3.05, 3.63) is 40.3 Å². The van der Waals surface area contributed by atoms with Crippen molar-refractivity contribution >= 4 is 15.9 Å². The van der Waals surface area contributed by atoms with Crippen LogP contribution in [0, 0.1) is 0 Å². The van der Waals surface area contributed by atoms with Crippen LogP contribution in [-0.2, 0) is 13.0 Å². The Morgan fingerprint density at radius 2 is 2.19 bits per heavy atom. The van der Waals surface area contributed by atoms with Crippen LogP contribution in [0.3, 0.4) is 0 Å². The van der Waals surface area contributed by atoms with Crippen LogP contribution in [-0.4, -0.2) is 14.8 Å². The van der Waals surface area contributed by atoms with E-state index in [1.807, 2.05) is 23.0 Å². The first-order valence-electron chi connectivity index (χ1n) is 5.14. The molecule has 0 aliphatic rings. The Hall–Kier alpha value is -1.20. The first kappa shape index (κ1) is 11.3. The van der Waals surface area contributed by atoms with Gasteiger partial charge in [-0.2, -0.15) is 5.10 Å². The molecule has 16 heavy (non-hydrogen) atoms. The van der Waals surface area contributed by atoms with Crippen molar-refractivity contribution in [1.29, 1.82) is 0 Å². The second-order valence-corrected chi connectivity index (χ2v) is 4.34. The fourth-order valence-electron chi connectivity index (χ4n) is 1.65. The van der Waals surface area contributed by atoms with Crippen molar-refractivity contribution < 1.29 is 0 Å². The zero-order valence-corrected chi connectivity index (χ0v) is 10.6. The Kier molecular flexibility index (Phi) is 3.36. The molecule has 0 bridgehead atoms. The summed E-state index contributed by atoms with van der Waals surface area (Å²) in [4.78, 5) is 4.32. The molecule has 0 radical (unpaired) electrons. The van der Waals surface area contributed by atoms with Crippen LogP contribution < -0.4 is 5.73 Å². The lowest BCUT2D eigenvalue weighted by Crippen LogP contribution is -2.06. The summed E-state index contributed by atoms with van der Waals surface area (Å²) in [5.41, 5.74) is 7.86. The van der Waals surface area contributed by atoms with Crippen molar-refractivity contribution in [2.75, 3.05) is 0 Å². The molecule has 2 aromatic rings. The number of nitrogens with zero attached hydrogens (tertiary/aromatic N) is 3. The minimum atomic E-state index is 0.514. The predicted molar refractivity (Wildman–Crippen MR) is 66.3 cm³/mol. The molecule has 0 saturated carbocycles. The third-order valence-corrected chi connectivity index (χ3v) is 2.91. The van der Waals surface area contributed by atoms with E-state index in [0.29, 0.717) is 6.54 Å². The van der Waals surface area contributed by atoms with Crippen LogP contribution in [0.15, 0.2) is 29.0 Å². The van der Waals surface area contributed by atoms with Gasteiger partial charge in [-0.05, 0) is 34.5 Å². The molecule has 0 saturated heterocycles. The second-order valence-electron chi connectivity index (χ2n) is 3.42. The minimum absolute atomic E-state index is 0.514. The van der Waals surface area contributed by atoms with Gasteiger partial charge < -0.3 is 5.73 Å². The summed E-state index contributed by atoms with van der Waals surface area (Å²) in [6.07, 6.45) is 4.46. The van der Waals surface area contributed by atoms with Gasteiger partial charge in [0.2, 0.25) is 0 Å². The SMILES string of the molecule is CCc1c(CN)cnn1-c1ccc(Br)cn1. The molecule has 5 heteroatoms. The van der Waals surface area contributed by atoms with Crippen LogP contribution in [0.4, 0.5) is 0 Å². The molecule has 0 aliphatic heterocycles. The molecule has 0 fully saturated rings. The normalized spacial score (nSPS) is 10.7.